The van der Waals surface area contributed by atoms with Crippen LogP contribution in [0.1, 0.15) is 33.0 Å². The molecule has 0 saturated heterocycles. The maximum absolute atomic E-state index is 14.5. The molecule has 13 heteroatoms. The number of carbonyl (C=O) groups excluding carboxylic acids is 1. The summed E-state index contributed by atoms with van der Waals surface area (Å²) in [6.07, 6.45) is -3.74. The Bertz CT molecular complexity index is 1370. The number of hydrogen-bond acceptors (Lipinski definition) is 7. The molecule has 0 spiro atoms. The lowest BCUT2D eigenvalue weighted by Gasteiger charge is -2.17. The van der Waals surface area contributed by atoms with Crippen molar-refractivity contribution in [2.45, 2.75) is 31.8 Å². The van der Waals surface area contributed by atoms with Crippen molar-refractivity contribution in [3.63, 3.8) is 0 Å². The smallest absolute Gasteiger partial charge is 0.432 e. The Hall–Kier alpha value is -3.61. The number of rotatable bonds is 5. The van der Waals surface area contributed by atoms with Crippen molar-refractivity contribution in [3.8, 4) is 11.6 Å². The van der Waals surface area contributed by atoms with E-state index >= 15 is 0 Å². The first-order valence-electron chi connectivity index (χ1n) is 9.59. The lowest BCUT2D eigenvalue weighted by molar-refractivity contribution is -0.142. The molecule has 3 rings (SSSR count). The minimum Gasteiger partial charge on any atom is -0.432 e. The molecule has 0 aliphatic rings. The van der Waals surface area contributed by atoms with Gasteiger partial charge < -0.3 is 10.1 Å². The predicted molar refractivity (Wildman–Crippen MR) is 115 cm³/mol. The summed E-state index contributed by atoms with van der Waals surface area (Å²) in [4.78, 5) is 17.2. The standard InChI is InChI=1S/C21H19F4N5O3S/c1-10-8-15(22)17(12(3)27-10)33-20-16(11(2)18(29-30-20)21(23,24)25)19(31)28-13-6-5-7-14(9-13)34(4,26)32/h5-9,26H,1-4H3,(H,28,31). The highest BCUT2D eigenvalue weighted by atomic mass is 32.2. The molecule has 0 aliphatic carbocycles. The molecule has 34 heavy (non-hydrogen) atoms. The van der Waals surface area contributed by atoms with E-state index in [0.717, 1.165) is 13.0 Å². The molecule has 1 atom stereocenters. The van der Waals surface area contributed by atoms with Crippen LogP contribution >= 0.6 is 0 Å². The van der Waals surface area contributed by atoms with Crippen LogP contribution in [-0.2, 0) is 15.9 Å². The van der Waals surface area contributed by atoms with E-state index in [1.165, 1.54) is 37.4 Å². The SMILES string of the molecule is Cc1cc(F)c(Oc2nnc(C(F)(F)F)c(C)c2C(=O)Nc2cccc(S(C)(=N)=O)c2)c(C)n1. The number of aryl methyl sites for hydroxylation is 2. The van der Waals surface area contributed by atoms with E-state index in [2.05, 4.69) is 20.5 Å². The van der Waals surface area contributed by atoms with E-state index in [0.29, 0.717) is 5.69 Å². The summed E-state index contributed by atoms with van der Waals surface area (Å²) >= 11 is 0. The molecule has 2 N–H and O–H groups in total. The molecule has 2 aromatic heterocycles. The number of benzene rings is 1. The average Bonchev–Trinajstić information content (AvgIpc) is 2.69. The van der Waals surface area contributed by atoms with E-state index in [-0.39, 0.29) is 16.3 Å². The Balaban J connectivity index is 2.11. The lowest BCUT2D eigenvalue weighted by Crippen LogP contribution is -2.21. The maximum Gasteiger partial charge on any atom is 0.435 e. The minimum atomic E-state index is -4.92. The Kier molecular flexibility index (Phi) is 6.60. The fourth-order valence-corrected chi connectivity index (χ4v) is 3.80. The van der Waals surface area contributed by atoms with E-state index in [4.69, 9.17) is 9.52 Å². The second-order valence-corrected chi connectivity index (χ2v) is 9.60. The summed E-state index contributed by atoms with van der Waals surface area (Å²) in [6, 6.07) is 6.55. The van der Waals surface area contributed by atoms with Crippen LogP contribution < -0.4 is 10.1 Å². The number of amides is 1. The summed E-state index contributed by atoms with van der Waals surface area (Å²) in [5.74, 6) is -2.99. The first-order chi connectivity index (χ1) is 15.7. The first-order valence-corrected chi connectivity index (χ1v) is 11.6. The van der Waals surface area contributed by atoms with E-state index in [1.807, 2.05) is 0 Å². The molecular formula is C21H19F4N5O3S. The zero-order valence-electron chi connectivity index (χ0n) is 18.4. The molecule has 2 heterocycles. The zero-order chi connectivity index (χ0) is 25.4. The summed E-state index contributed by atoms with van der Waals surface area (Å²) in [6.45, 7) is 3.97. The van der Waals surface area contributed by atoms with Crippen molar-refractivity contribution < 1.29 is 31.3 Å². The van der Waals surface area contributed by atoms with E-state index < -0.39 is 56.1 Å². The van der Waals surface area contributed by atoms with Gasteiger partial charge in [-0.1, -0.05) is 6.07 Å². The summed E-state index contributed by atoms with van der Waals surface area (Å²) in [7, 11) is -3.12. The third-order valence-corrected chi connectivity index (χ3v) is 5.80. The van der Waals surface area contributed by atoms with Crippen molar-refractivity contribution in [1.82, 2.24) is 15.2 Å². The Morgan fingerprint density at radius 1 is 1.15 bits per heavy atom. The fourth-order valence-electron chi connectivity index (χ4n) is 3.11. The monoisotopic (exact) mass is 497 g/mol. The van der Waals surface area contributed by atoms with Crippen LogP contribution in [0.4, 0.5) is 23.2 Å². The first kappa shape index (κ1) is 25.0. The van der Waals surface area contributed by atoms with Gasteiger partial charge in [-0.15, -0.1) is 10.2 Å². The van der Waals surface area contributed by atoms with Gasteiger partial charge in [-0.25, -0.2) is 13.4 Å². The van der Waals surface area contributed by atoms with Gasteiger partial charge in [0.2, 0.25) is 0 Å². The second-order valence-electron chi connectivity index (χ2n) is 7.44. The van der Waals surface area contributed by atoms with Gasteiger partial charge in [0.15, 0.2) is 17.3 Å². The topological polar surface area (TPSA) is 118 Å². The fraction of sp³-hybridized carbons (Fsp3) is 0.238. The molecule has 0 bridgehead atoms. The molecule has 180 valence electrons. The number of hydrogen-bond donors (Lipinski definition) is 2. The van der Waals surface area contributed by atoms with Crippen LogP contribution in [0, 0.1) is 31.4 Å². The highest BCUT2D eigenvalue weighted by Crippen LogP contribution is 2.36. The highest BCUT2D eigenvalue weighted by molar-refractivity contribution is 7.91. The van der Waals surface area contributed by atoms with Crippen molar-refractivity contribution in [3.05, 3.63) is 64.4 Å². The number of alkyl halides is 3. The minimum absolute atomic E-state index is 0.0689. The number of anilines is 1. The number of nitrogens with one attached hydrogen (secondary N) is 2. The zero-order valence-corrected chi connectivity index (χ0v) is 19.2. The Morgan fingerprint density at radius 3 is 2.41 bits per heavy atom. The molecule has 0 fully saturated rings. The summed E-state index contributed by atoms with van der Waals surface area (Å²) in [5, 5.41) is 8.92. The van der Waals surface area contributed by atoms with Gasteiger partial charge in [-0.3, -0.25) is 9.78 Å². The van der Waals surface area contributed by atoms with Gasteiger partial charge in [0, 0.05) is 22.5 Å². The number of nitrogens with zero attached hydrogens (tertiary/aromatic N) is 3. The molecule has 0 radical (unpaired) electrons. The van der Waals surface area contributed by atoms with Gasteiger partial charge in [0.05, 0.1) is 15.4 Å². The average molecular weight is 497 g/mol. The van der Waals surface area contributed by atoms with Crippen LogP contribution in [0.3, 0.4) is 0 Å². The third-order valence-electron chi connectivity index (χ3n) is 4.65. The van der Waals surface area contributed by atoms with Gasteiger partial charge in [0.1, 0.15) is 5.56 Å². The van der Waals surface area contributed by atoms with Crippen LogP contribution in [0.5, 0.6) is 11.6 Å². The van der Waals surface area contributed by atoms with Gasteiger partial charge in [-0.2, -0.15) is 13.2 Å². The number of aromatic nitrogens is 3. The van der Waals surface area contributed by atoms with Crippen LogP contribution in [0.15, 0.2) is 35.2 Å². The van der Waals surface area contributed by atoms with Gasteiger partial charge in [-0.05, 0) is 50.6 Å². The van der Waals surface area contributed by atoms with Crippen molar-refractivity contribution in [1.29, 1.82) is 4.78 Å². The quantitative estimate of drug-likeness (QED) is 0.477. The summed E-state index contributed by atoms with van der Waals surface area (Å²) < 4.78 is 79.8. The third kappa shape index (κ3) is 5.30. The van der Waals surface area contributed by atoms with E-state index in [9.17, 15) is 26.6 Å². The van der Waals surface area contributed by atoms with Crippen LogP contribution in [-0.4, -0.2) is 31.6 Å². The molecule has 0 aliphatic heterocycles. The van der Waals surface area contributed by atoms with Crippen molar-refractivity contribution in [2.75, 3.05) is 11.6 Å². The van der Waals surface area contributed by atoms with Crippen LogP contribution in [0.25, 0.3) is 0 Å². The predicted octanol–water partition coefficient (Wildman–Crippen LogP) is 5.03. The molecule has 1 aromatic carbocycles. The molecule has 8 nitrogen and oxygen atoms in total. The largest absolute Gasteiger partial charge is 0.435 e. The highest BCUT2D eigenvalue weighted by Gasteiger charge is 2.38. The van der Waals surface area contributed by atoms with Crippen molar-refractivity contribution >= 4 is 21.3 Å². The lowest BCUT2D eigenvalue weighted by atomic mass is 10.1. The number of pyridine rings is 1. The number of halogens is 4. The van der Waals surface area contributed by atoms with E-state index in [1.54, 1.807) is 6.92 Å². The molecule has 1 amide bonds. The molecular weight excluding hydrogens is 478 g/mol. The second kappa shape index (κ2) is 8.97. The van der Waals surface area contributed by atoms with Crippen molar-refractivity contribution in [2.24, 2.45) is 0 Å². The maximum atomic E-state index is 14.5. The molecule has 0 saturated carbocycles. The number of carbonyl (C=O) groups is 1. The molecule has 3 aromatic rings. The van der Waals surface area contributed by atoms with Gasteiger partial charge >= 0.3 is 6.18 Å². The molecule has 1 unspecified atom stereocenters. The number of ether oxygens (including phenoxy) is 1. The Morgan fingerprint density at radius 2 is 1.82 bits per heavy atom. The van der Waals surface area contributed by atoms with Gasteiger partial charge in [0.25, 0.3) is 11.8 Å². The van der Waals surface area contributed by atoms with Crippen LogP contribution in [0.2, 0.25) is 0 Å². The normalized spacial score (nSPS) is 13.3. The Labute approximate surface area is 192 Å². The summed E-state index contributed by atoms with van der Waals surface area (Å²) in [5.41, 5.74) is -2.14.